The molecule has 2 aromatic rings. The molecule has 0 radical (unpaired) electrons. The number of nitriles is 1. The van der Waals surface area contributed by atoms with E-state index < -0.39 is 5.91 Å². The molecular formula is C19H16ClN3O3. The van der Waals surface area contributed by atoms with Crippen LogP contribution in [0.2, 0.25) is 5.02 Å². The lowest BCUT2D eigenvalue weighted by Gasteiger charge is -2.07. The number of hydrogen-bond donors (Lipinski definition) is 2. The number of halogens is 1. The number of carbonyl (C=O) groups is 2. The minimum atomic E-state index is -0.556. The van der Waals surface area contributed by atoms with Crippen LogP contribution in [0, 0.1) is 11.3 Å². The maximum Gasteiger partial charge on any atom is 0.266 e. The van der Waals surface area contributed by atoms with Gasteiger partial charge in [0.25, 0.3) is 5.91 Å². The van der Waals surface area contributed by atoms with Crippen molar-refractivity contribution in [3.63, 3.8) is 0 Å². The average molecular weight is 370 g/mol. The lowest BCUT2D eigenvalue weighted by atomic mass is 10.1. The van der Waals surface area contributed by atoms with Crippen LogP contribution in [0.3, 0.4) is 0 Å². The van der Waals surface area contributed by atoms with Gasteiger partial charge in [-0.3, -0.25) is 9.59 Å². The highest BCUT2D eigenvalue weighted by Crippen LogP contribution is 2.27. The fourth-order valence-electron chi connectivity index (χ4n) is 2.12. The van der Waals surface area contributed by atoms with Crippen LogP contribution in [0.4, 0.5) is 11.4 Å². The molecule has 0 aliphatic carbocycles. The molecule has 0 atom stereocenters. The number of nitrogens with zero attached hydrogens (tertiary/aromatic N) is 1. The fraction of sp³-hybridized carbons (Fsp3) is 0.105. The summed E-state index contributed by atoms with van der Waals surface area (Å²) in [4.78, 5) is 23.3. The van der Waals surface area contributed by atoms with E-state index in [9.17, 15) is 14.9 Å². The first-order valence-electron chi connectivity index (χ1n) is 7.57. The maximum atomic E-state index is 12.3. The molecule has 0 fully saturated rings. The third-order valence-corrected chi connectivity index (χ3v) is 3.61. The van der Waals surface area contributed by atoms with Gasteiger partial charge >= 0.3 is 0 Å². The molecule has 0 aromatic heterocycles. The van der Waals surface area contributed by atoms with Gasteiger partial charge in [-0.1, -0.05) is 23.7 Å². The third kappa shape index (κ3) is 5.10. The molecule has 0 saturated heterocycles. The van der Waals surface area contributed by atoms with Gasteiger partial charge in [0, 0.05) is 18.3 Å². The minimum absolute atomic E-state index is 0.0655. The van der Waals surface area contributed by atoms with Gasteiger partial charge in [-0.05, 0) is 42.0 Å². The first-order chi connectivity index (χ1) is 12.4. The van der Waals surface area contributed by atoms with E-state index >= 15 is 0 Å². The predicted molar refractivity (Wildman–Crippen MR) is 101 cm³/mol. The Balaban J connectivity index is 2.15. The average Bonchev–Trinajstić information content (AvgIpc) is 2.60. The standard InChI is InChI=1S/C19H16ClN3O3/c1-12(24)22-15-5-3-13(4-6-15)9-14(11-21)19(25)23-16-7-8-18(26-2)17(20)10-16/h3-10H,1-2H3,(H,22,24)(H,23,25)/b14-9+. The topological polar surface area (TPSA) is 91.2 Å². The van der Waals surface area contributed by atoms with Gasteiger partial charge in [-0.25, -0.2) is 0 Å². The maximum absolute atomic E-state index is 12.3. The number of anilines is 2. The van der Waals surface area contributed by atoms with Crippen molar-refractivity contribution in [3.8, 4) is 11.8 Å². The zero-order valence-corrected chi connectivity index (χ0v) is 14.9. The summed E-state index contributed by atoms with van der Waals surface area (Å²) in [5.74, 6) is -0.247. The molecule has 0 unspecified atom stereocenters. The van der Waals surface area contributed by atoms with Crippen LogP contribution in [-0.2, 0) is 9.59 Å². The van der Waals surface area contributed by atoms with E-state index in [1.807, 2.05) is 6.07 Å². The highest BCUT2D eigenvalue weighted by Gasteiger charge is 2.11. The summed E-state index contributed by atoms with van der Waals surface area (Å²) in [5.41, 5.74) is 1.66. The second-order valence-corrected chi connectivity index (χ2v) is 5.68. The smallest absolute Gasteiger partial charge is 0.266 e. The van der Waals surface area contributed by atoms with Gasteiger partial charge in [-0.15, -0.1) is 0 Å². The molecule has 2 aromatic carbocycles. The summed E-state index contributed by atoms with van der Waals surface area (Å²) < 4.78 is 5.05. The second kappa shape index (κ2) is 8.70. The van der Waals surface area contributed by atoms with Crippen LogP contribution in [-0.4, -0.2) is 18.9 Å². The molecule has 0 heterocycles. The normalized spacial score (nSPS) is 10.6. The molecule has 0 aliphatic rings. The number of ether oxygens (including phenoxy) is 1. The molecule has 2 rings (SSSR count). The minimum Gasteiger partial charge on any atom is -0.495 e. The van der Waals surface area contributed by atoms with Gasteiger partial charge in [0.15, 0.2) is 0 Å². The summed E-state index contributed by atoms with van der Waals surface area (Å²) in [6.45, 7) is 1.41. The van der Waals surface area contributed by atoms with Crippen molar-refractivity contribution in [2.45, 2.75) is 6.92 Å². The molecule has 2 amide bonds. The number of carbonyl (C=O) groups excluding carboxylic acids is 2. The summed E-state index contributed by atoms with van der Waals surface area (Å²) >= 11 is 6.02. The molecule has 0 spiro atoms. The predicted octanol–water partition coefficient (Wildman–Crippen LogP) is 3.85. The first-order valence-corrected chi connectivity index (χ1v) is 7.95. The van der Waals surface area contributed by atoms with Crippen LogP contribution >= 0.6 is 11.6 Å². The van der Waals surface area contributed by atoms with Crippen molar-refractivity contribution in [2.24, 2.45) is 0 Å². The van der Waals surface area contributed by atoms with Gasteiger partial charge < -0.3 is 15.4 Å². The second-order valence-electron chi connectivity index (χ2n) is 5.28. The Morgan fingerprint density at radius 1 is 1.12 bits per heavy atom. The molecule has 0 bridgehead atoms. The monoisotopic (exact) mass is 369 g/mol. The third-order valence-electron chi connectivity index (χ3n) is 3.32. The number of hydrogen-bond acceptors (Lipinski definition) is 4. The number of nitrogens with one attached hydrogen (secondary N) is 2. The number of benzene rings is 2. The zero-order valence-electron chi connectivity index (χ0n) is 14.2. The number of rotatable bonds is 5. The Morgan fingerprint density at radius 3 is 2.31 bits per heavy atom. The van der Waals surface area contributed by atoms with E-state index in [0.717, 1.165) is 0 Å². The van der Waals surface area contributed by atoms with E-state index in [-0.39, 0.29) is 11.5 Å². The number of methoxy groups -OCH3 is 1. The van der Waals surface area contributed by atoms with Gasteiger partial charge in [0.2, 0.25) is 5.91 Å². The van der Waals surface area contributed by atoms with E-state index in [2.05, 4.69) is 10.6 Å². The summed E-state index contributed by atoms with van der Waals surface area (Å²) in [7, 11) is 1.49. The fourth-order valence-corrected chi connectivity index (χ4v) is 2.38. The van der Waals surface area contributed by atoms with Crippen LogP contribution in [0.15, 0.2) is 48.0 Å². The van der Waals surface area contributed by atoms with Crippen molar-refractivity contribution in [3.05, 3.63) is 58.6 Å². The summed E-state index contributed by atoms with van der Waals surface area (Å²) in [6.07, 6.45) is 1.46. The largest absolute Gasteiger partial charge is 0.495 e. The van der Waals surface area contributed by atoms with Crippen LogP contribution in [0.1, 0.15) is 12.5 Å². The van der Waals surface area contributed by atoms with E-state index in [4.69, 9.17) is 16.3 Å². The van der Waals surface area contributed by atoms with Crippen molar-refractivity contribution in [1.29, 1.82) is 5.26 Å². The molecular weight excluding hydrogens is 354 g/mol. The number of amides is 2. The summed E-state index contributed by atoms with van der Waals surface area (Å²) in [5, 5.41) is 14.9. The van der Waals surface area contributed by atoms with Crippen molar-refractivity contribution in [1.82, 2.24) is 0 Å². The molecule has 7 heteroatoms. The van der Waals surface area contributed by atoms with Crippen molar-refractivity contribution in [2.75, 3.05) is 17.7 Å². The summed E-state index contributed by atoms with van der Waals surface area (Å²) in [6, 6.07) is 13.4. The van der Waals surface area contributed by atoms with Gasteiger partial charge in [0.1, 0.15) is 17.4 Å². The Kier molecular flexibility index (Phi) is 6.36. The Labute approximate surface area is 156 Å². The first kappa shape index (κ1) is 19.0. The quantitative estimate of drug-likeness (QED) is 0.618. The Hall–Kier alpha value is -3.30. The molecule has 6 nitrogen and oxygen atoms in total. The van der Waals surface area contributed by atoms with Crippen LogP contribution in [0.5, 0.6) is 5.75 Å². The SMILES string of the molecule is COc1ccc(NC(=O)/C(C#N)=C/c2ccc(NC(C)=O)cc2)cc1Cl. The Bertz CT molecular complexity index is 899. The van der Waals surface area contributed by atoms with E-state index in [1.165, 1.54) is 26.2 Å². The van der Waals surface area contributed by atoms with Gasteiger partial charge in [-0.2, -0.15) is 5.26 Å². The molecule has 26 heavy (non-hydrogen) atoms. The molecule has 0 aliphatic heterocycles. The molecule has 2 N–H and O–H groups in total. The highest BCUT2D eigenvalue weighted by molar-refractivity contribution is 6.32. The van der Waals surface area contributed by atoms with Crippen LogP contribution in [0.25, 0.3) is 6.08 Å². The lowest BCUT2D eigenvalue weighted by molar-refractivity contribution is -0.114. The Morgan fingerprint density at radius 2 is 1.77 bits per heavy atom. The van der Waals surface area contributed by atoms with Gasteiger partial charge in [0.05, 0.1) is 12.1 Å². The highest BCUT2D eigenvalue weighted by atomic mass is 35.5. The molecule has 132 valence electrons. The zero-order chi connectivity index (χ0) is 19.1. The van der Waals surface area contributed by atoms with Crippen molar-refractivity contribution >= 4 is 40.9 Å². The van der Waals surface area contributed by atoms with E-state index in [0.29, 0.717) is 27.7 Å². The molecule has 0 saturated carbocycles. The lowest BCUT2D eigenvalue weighted by Crippen LogP contribution is -2.13. The van der Waals surface area contributed by atoms with Crippen molar-refractivity contribution < 1.29 is 14.3 Å². The van der Waals surface area contributed by atoms with Crippen LogP contribution < -0.4 is 15.4 Å². The van der Waals surface area contributed by atoms with E-state index in [1.54, 1.807) is 36.4 Å².